The molecule has 24 heavy (non-hydrogen) atoms. The fourth-order valence-electron chi connectivity index (χ4n) is 3.02. The van der Waals surface area contributed by atoms with Crippen molar-refractivity contribution in [3.05, 3.63) is 47.8 Å². The van der Waals surface area contributed by atoms with Crippen molar-refractivity contribution in [2.45, 2.75) is 32.7 Å². The van der Waals surface area contributed by atoms with Gasteiger partial charge in [0.25, 0.3) is 5.91 Å². The van der Waals surface area contributed by atoms with E-state index in [2.05, 4.69) is 5.32 Å². The highest BCUT2D eigenvalue weighted by atomic mass is 16.3. The number of nitrogens with one attached hydrogen (secondary N) is 1. The summed E-state index contributed by atoms with van der Waals surface area (Å²) in [6.45, 7) is 4.83. The Morgan fingerprint density at radius 1 is 1.33 bits per heavy atom. The van der Waals surface area contributed by atoms with E-state index >= 15 is 0 Å². The Kier molecular flexibility index (Phi) is 4.74. The maximum absolute atomic E-state index is 12.5. The molecule has 2 atom stereocenters. The summed E-state index contributed by atoms with van der Waals surface area (Å²) in [7, 11) is 0. The van der Waals surface area contributed by atoms with Gasteiger partial charge in [-0.15, -0.1) is 0 Å². The van der Waals surface area contributed by atoms with E-state index in [0.717, 1.165) is 24.4 Å². The van der Waals surface area contributed by atoms with Crippen LogP contribution < -0.4 is 5.32 Å². The molecule has 0 aliphatic carbocycles. The molecule has 2 aromatic rings. The molecule has 2 aromatic heterocycles. The van der Waals surface area contributed by atoms with Crippen molar-refractivity contribution in [1.29, 1.82) is 0 Å². The summed E-state index contributed by atoms with van der Waals surface area (Å²) in [6, 6.07) is 6.89. The van der Waals surface area contributed by atoms with Gasteiger partial charge in [0, 0.05) is 13.1 Å². The fraction of sp³-hybridized carbons (Fsp3) is 0.444. The van der Waals surface area contributed by atoms with Crippen LogP contribution in [0.25, 0.3) is 0 Å². The number of hydrogen-bond acceptors (Lipinski definition) is 4. The van der Waals surface area contributed by atoms with Crippen molar-refractivity contribution in [3.63, 3.8) is 0 Å². The van der Waals surface area contributed by atoms with Crippen molar-refractivity contribution >= 4 is 11.8 Å². The van der Waals surface area contributed by atoms with Gasteiger partial charge in [-0.3, -0.25) is 9.59 Å². The van der Waals surface area contributed by atoms with Crippen LogP contribution >= 0.6 is 0 Å². The second kappa shape index (κ2) is 6.95. The third kappa shape index (κ3) is 3.53. The first kappa shape index (κ1) is 16.4. The molecule has 1 N–H and O–H groups in total. The zero-order valence-electron chi connectivity index (χ0n) is 14.0. The van der Waals surface area contributed by atoms with E-state index < -0.39 is 0 Å². The Morgan fingerprint density at radius 2 is 2.17 bits per heavy atom. The number of piperidine rings is 1. The van der Waals surface area contributed by atoms with Gasteiger partial charge >= 0.3 is 0 Å². The minimum Gasteiger partial charge on any atom is -0.464 e. The van der Waals surface area contributed by atoms with Crippen molar-refractivity contribution in [1.82, 2.24) is 10.2 Å². The number of amides is 2. The fourth-order valence-corrected chi connectivity index (χ4v) is 3.02. The van der Waals surface area contributed by atoms with Crippen LogP contribution in [0, 0.1) is 12.8 Å². The molecule has 1 aliphatic rings. The van der Waals surface area contributed by atoms with Gasteiger partial charge < -0.3 is 19.1 Å². The number of likely N-dealkylation sites (tertiary alicyclic amines) is 1. The quantitative estimate of drug-likeness (QED) is 0.935. The number of carbonyl (C=O) groups is 2. The number of rotatable bonds is 4. The standard InChI is InChI=1S/C18H22N2O4/c1-12-7-8-15(24-12)13(2)19-17(21)14-5-3-9-20(11-14)18(22)16-6-4-10-23-16/h4,6-8,10,13-14H,3,5,9,11H2,1-2H3,(H,19,21)/t13-,14+/m0/s1. The third-order valence-corrected chi connectivity index (χ3v) is 4.36. The molecular weight excluding hydrogens is 308 g/mol. The van der Waals surface area contributed by atoms with E-state index in [9.17, 15) is 9.59 Å². The molecule has 2 amide bonds. The Bertz CT molecular complexity index is 704. The lowest BCUT2D eigenvalue weighted by Crippen LogP contribution is -2.45. The average molecular weight is 330 g/mol. The second-order valence-electron chi connectivity index (χ2n) is 6.25. The van der Waals surface area contributed by atoms with E-state index in [1.807, 2.05) is 26.0 Å². The number of hydrogen-bond donors (Lipinski definition) is 1. The number of aryl methyl sites for hydroxylation is 1. The topological polar surface area (TPSA) is 75.7 Å². The Morgan fingerprint density at radius 3 is 2.83 bits per heavy atom. The van der Waals surface area contributed by atoms with Gasteiger partial charge in [0.05, 0.1) is 18.2 Å². The highest BCUT2D eigenvalue weighted by molar-refractivity contribution is 5.92. The summed E-state index contributed by atoms with van der Waals surface area (Å²) in [6.07, 6.45) is 3.06. The van der Waals surface area contributed by atoms with Crippen LogP contribution in [0.4, 0.5) is 0 Å². The lowest BCUT2D eigenvalue weighted by atomic mass is 9.96. The molecule has 0 spiro atoms. The van der Waals surface area contributed by atoms with Gasteiger partial charge in [0.2, 0.25) is 5.91 Å². The zero-order valence-corrected chi connectivity index (χ0v) is 14.0. The molecule has 6 nitrogen and oxygen atoms in total. The van der Waals surface area contributed by atoms with Crippen LogP contribution in [0.2, 0.25) is 0 Å². The minimum atomic E-state index is -0.212. The second-order valence-corrected chi connectivity index (χ2v) is 6.25. The van der Waals surface area contributed by atoms with Gasteiger partial charge in [-0.2, -0.15) is 0 Å². The van der Waals surface area contributed by atoms with E-state index in [0.29, 0.717) is 18.8 Å². The lowest BCUT2D eigenvalue weighted by molar-refractivity contribution is -0.127. The maximum atomic E-state index is 12.5. The molecule has 0 saturated carbocycles. The molecule has 0 bridgehead atoms. The van der Waals surface area contributed by atoms with E-state index in [1.165, 1.54) is 6.26 Å². The van der Waals surface area contributed by atoms with Gasteiger partial charge in [-0.1, -0.05) is 0 Å². The van der Waals surface area contributed by atoms with Crippen LogP contribution in [0.1, 0.15) is 47.9 Å². The Balaban J connectivity index is 1.59. The van der Waals surface area contributed by atoms with E-state index in [4.69, 9.17) is 8.83 Å². The molecular formula is C18H22N2O4. The smallest absolute Gasteiger partial charge is 0.289 e. The highest BCUT2D eigenvalue weighted by Gasteiger charge is 2.30. The van der Waals surface area contributed by atoms with Crippen molar-refractivity contribution < 1.29 is 18.4 Å². The van der Waals surface area contributed by atoms with Crippen molar-refractivity contribution in [2.24, 2.45) is 5.92 Å². The molecule has 3 rings (SSSR count). The van der Waals surface area contributed by atoms with Crippen LogP contribution in [0.5, 0.6) is 0 Å². The summed E-state index contributed by atoms with van der Waals surface area (Å²) < 4.78 is 10.7. The van der Waals surface area contributed by atoms with Crippen molar-refractivity contribution in [3.8, 4) is 0 Å². The molecule has 6 heteroatoms. The predicted octanol–water partition coefficient (Wildman–Crippen LogP) is 2.91. The van der Waals surface area contributed by atoms with Gasteiger partial charge in [0.15, 0.2) is 5.76 Å². The van der Waals surface area contributed by atoms with Crippen LogP contribution in [0.3, 0.4) is 0 Å². The monoisotopic (exact) mass is 330 g/mol. The summed E-state index contributed by atoms with van der Waals surface area (Å²) in [5.74, 6) is 1.45. The Labute approximate surface area is 140 Å². The summed E-state index contributed by atoms with van der Waals surface area (Å²) in [5, 5.41) is 2.98. The van der Waals surface area contributed by atoms with Gasteiger partial charge in [-0.25, -0.2) is 0 Å². The van der Waals surface area contributed by atoms with Gasteiger partial charge in [-0.05, 0) is 51.0 Å². The largest absolute Gasteiger partial charge is 0.464 e. The lowest BCUT2D eigenvalue weighted by Gasteiger charge is -2.32. The molecule has 1 fully saturated rings. The number of furan rings is 2. The number of nitrogens with zero attached hydrogens (tertiary/aromatic N) is 1. The molecule has 1 aliphatic heterocycles. The van der Waals surface area contributed by atoms with E-state index in [1.54, 1.807) is 17.0 Å². The number of carbonyl (C=O) groups excluding carboxylic acids is 2. The predicted molar refractivity (Wildman–Crippen MR) is 87.3 cm³/mol. The average Bonchev–Trinajstić information content (AvgIpc) is 3.25. The van der Waals surface area contributed by atoms with Gasteiger partial charge in [0.1, 0.15) is 11.5 Å². The van der Waals surface area contributed by atoms with Crippen LogP contribution in [0.15, 0.2) is 39.4 Å². The molecule has 0 aromatic carbocycles. The third-order valence-electron chi connectivity index (χ3n) is 4.36. The Hall–Kier alpha value is -2.50. The molecule has 3 heterocycles. The summed E-state index contributed by atoms with van der Waals surface area (Å²) >= 11 is 0. The van der Waals surface area contributed by atoms with Crippen molar-refractivity contribution in [2.75, 3.05) is 13.1 Å². The first-order valence-electron chi connectivity index (χ1n) is 8.24. The maximum Gasteiger partial charge on any atom is 0.289 e. The van der Waals surface area contributed by atoms with Crippen LogP contribution in [-0.2, 0) is 4.79 Å². The summed E-state index contributed by atoms with van der Waals surface area (Å²) in [5.41, 5.74) is 0. The molecule has 0 radical (unpaired) electrons. The first-order valence-corrected chi connectivity index (χ1v) is 8.24. The minimum absolute atomic E-state index is 0.0477. The normalized spacial score (nSPS) is 19.1. The SMILES string of the molecule is Cc1ccc([C@H](C)NC(=O)[C@@H]2CCCN(C(=O)c3ccco3)C2)o1. The highest BCUT2D eigenvalue weighted by Crippen LogP contribution is 2.21. The molecule has 0 unspecified atom stereocenters. The van der Waals surface area contributed by atoms with Crippen LogP contribution in [-0.4, -0.2) is 29.8 Å². The molecule has 128 valence electrons. The summed E-state index contributed by atoms with van der Waals surface area (Å²) in [4.78, 5) is 26.6. The zero-order chi connectivity index (χ0) is 17.1. The van der Waals surface area contributed by atoms with E-state index in [-0.39, 0.29) is 23.8 Å². The molecule has 1 saturated heterocycles. The first-order chi connectivity index (χ1) is 11.5.